The van der Waals surface area contributed by atoms with Crippen LogP contribution in [-0.4, -0.2) is 18.0 Å². The highest BCUT2D eigenvalue weighted by atomic mass is 16.2. The Labute approximate surface area is 111 Å². The van der Waals surface area contributed by atoms with Crippen molar-refractivity contribution < 1.29 is 4.79 Å². The third-order valence-corrected chi connectivity index (χ3v) is 5.15. The molecular formula is C15H28N2O. The zero-order valence-electron chi connectivity index (χ0n) is 12.0. The number of rotatable bonds is 2. The summed E-state index contributed by atoms with van der Waals surface area (Å²) in [7, 11) is 0. The maximum Gasteiger partial charge on any atom is 0.225 e. The first-order valence-corrected chi connectivity index (χ1v) is 7.48. The number of carbonyl (C=O) groups excluding carboxylic acids is 1. The minimum Gasteiger partial charge on any atom is -0.353 e. The molecule has 4 atom stereocenters. The summed E-state index contributed by atoms with van der Waals surface area (Å²) >= 11 is 0. The molecule has 2 rings (SSSR count). The van der Waals surface area contributed by atoms with E-state index in [-0.39, 0.29) is 23.3 Å². The Hall–Kier alpha value is -0.570. The van der Waals surface area contributed by atoms with Crippen molar-refractivity contribution in [3.63, 3.8) is 0 Å². The van der Waals surface area contributed by atoms with Gasteiger partial charge in [0.15, 0.2) is 0 Å². The lowest BCUT2D eigenvalue weighted by molar-refractivity contribution is -0.129. The van der Waals surface area contributed by atoms with E-state index in [2.05, 4.69) is 26.1 Å². The van der Waals surface area contributed by atoms with E-state index in [1.165, 1.54) is 19.3 Å². The van der Waals surface area contributed by atoms with Crippen LogP contribution in [0.1, 0.15) is 59.3 Å². The van der Waals surface area contributed by atoms with Crippen molar-refractivity contribution in [2.24, 2.45) is 23.0 Å². The van der Waals surface area contributed by atoms with Crippen LogP contribution in [0.5, 0.6) is 0 Å². The van der Waals surface area contributed by atoms with Crippen molar-refractivity contribution in [2.45, 2.75) is 71.4 Å². The lowest BCUT2D eigenvalue weighted by Crippen LogP contribution is -2.51. The van der Waals surface area contributed by atoms with E-state index in [1.807, 2.05) is 0 Å². The minimum atomic E-state index is 0.0233. The molecule has 0 bridgehead atoms. The van der Waals surface area contributed by atoms with E-state index in [0.29, 0.717) is 12.0 Å². The average molecular weight is 252 g/mol. The molecule has 0 aromatic rings. The predicted octanol–water partition coefficient (Wildman–Crippen LogP) is 2.44. The van der Waals surface area contributed by atoms with Crippen LogP contribution in [0, 0.1) is 17.3 Å². The molecule has 104 valence electrons. The van der Waals surface area contributed by atoms with Crippen LogP contribution >= 0.6 is 0 Å². The van der Waals surface area contributed by atoms with Crippen LogP contribution < -0.4 is 11.1 Å². The molecule has 0 saturated heterocycles. The second kappa shape index (κ2) is 5.20. The summed E-state index contributed by atoms with van der Waals surface area (Å²) < 4.78 is 0. The van der Waals surface area contributed by atoms with E-state index in [9.17, 15) is 4.79 Å². The van der Waals surface area contributed by atoms with Crippen LogP contribution in [0.3, 0.4) is 0 Å². The third-order valence-electron chi connectivity index (χ3n) is 5.15. The fourth-order valence-electron chi connectivity index (χ4n) is 3.77. The molecule has 0 radical (unpaired) electrons. The summed E-state index contributed by atoms with van der Waals surface area (Å²) in [5.74, 6) is 0.656. The van der Waals surface area contributed by atoms with Crippen molar-refractivity contribution in [1.82, 2.24) is 5.32 Å². The maximum atomic E-state index is 12.5. The molecule has 0 aromatic carbocycles. The van der Waals surface area contributed by atoms with Crippen molar-refractivity contribution in [1.29, 1.82) is 0 Å². The van der Waals surface area contributed by atoms with Gasteiger partial charge in [-0.2, -0.15) is 0 Å². The molecular weight excluding hydrogens is 224 g/mol. The molecule has 0 heterocycles. The van der Waals surface area contributed by atoms with Gasteiger partial charge in [0.1, 0.15) is 0 Å². The predicted molar refractivity (Wildman–Crippen MR) is 74.0 cm³/mol. The van der Waals surface area contributed by atoms with E-state index < -0.39 is 0 Å². The van der Waals surface area contributed by atoms with Gasteiger partial charge in [0, 0.05) is 12.1 Å². The molecule has 2 saturated carbocycles. The number of hydrogen-bond donors (Lipinski definition) is 2. The maximum absolute atomic E-state index is 12.5. The van der Waals surface area contributed by atoms with Gasteiger partial charge in [-0.1, -0.05) is 33.6 Å². The van der Waals surface area contributed by atoms with Crippen LogP contribution in [0.2, 0.25) is 0 Å². The summed E-state index contributed by atoms with van der Waals surface area (Å²) in [6.07, 6.45) is 6.86. The normalized spacial score (nSPS) is 39.6. The topological polar surface area (TPSA) is 55.1 Å². The second-order valence-corrected chi connectivity index (χ2v) is 7.04. The number of hydrogen-bond acceptors (Lipinski definition) is 2. The average Bonchev–Trinajstić information content (AvgIpc) is 2.58. The molecule has 4 unspecified atom stereocenters. The first-order chi connectivity index (χ1) is 8.42. The summed E-state index contributed by atoms with van der Waals surface area (Å²) in [6.45, 7) is 6.69. The fraction of sp³-hybridized carbons (Fsp3) is 0.933. The van der Waals surface area contributed by atoms with Gasteiger partial charge >= 0.3 is 0 Å². The fourth-order valence-corrected chi connectivity index (χ4v) is 3.77. The van der Waals surface area contributed by atoms with Gasteiger partial charge in [0.2, 0.25) is 5.91 Å². The van der Waals surface area contributed by atoms with Gasteiger partial charge in [-0.25, -0.2) is 0 Å². The number of amides is 1. The van der Waals surface area contributed by atoms with E-state index in [1.54, 1.807) is 0 Å². The van der Waals surface area contributed by atoms with Gasteiger partial charge in [0.25, 0.3) is 0 Å². The molecule has 2 fully saturated rings. The van der Waals surface area contributed by atoms with Crippen molar-refractivity contribution >= 4 is 5.91 Å². The zero-order chi connectivity index (χ0) is 13.3. The van der Waals surface area contributed by atoms with E-state index in [0.717, 1.165) is 19.3 Å². The van der Waals surface area contributed by atoms with Gasteiger partial charge in [-0.15, -0.1) is 0 Å². The standard InChI is InChI=1S/C15H28N2O/c1-10-6-4-7-11(16)13(10)14(18)17-12-8-5-9-15(12,2)3/h10-13H,4-9,16H2,1-3H3,(H,17,18). The number of nitrogens with two attached hydrogens (primary N) is 1. The highest BCUT2D eigenvalue weighted by Gasteiger charge is 2.39. The Balaban J connectivity index is 1.98. The first kappa shape index (κ1) is 13.9. The molecule has 0 aromatic heterocycles. The van der Waals surface area contributed by atoms with Crippen molar-refractivity contribution in [3.8, 4) is 0 Å². The van der Waals surface area contributed by atoms with Crippen LogP contribution in [0.4, 0.5) is 0 Å². The zero-order valence-corrected chi connectivity index (χ0v) is 12.0. The molecule has 2 aliphatic carbocycles. The lowest BCUT2D eigenvalue weighted by Gasteiger charge is -2.36. The second-order valence-electron chi connectivity index (χ2n) is 7.04. The molecule has 3 nitrogen and oxygen atoms in total. The van der Waals surface area contributed by atoms with Gasteiger partial charge < -0.3 is 11.1 Å². The SMILES string of the molecule is CC1CCCC(N)C1C(=O)NC1CCCC1(C)C. The summed E-state index contributed by atoms with van der Waals surface area (Å²) in [5, 5.41) is 3.28. The highest BCUT2D eigenvalue weighted by Crippen LogP contribution is 2.38. The molecule has 3 N–H and O–H groups in total. The Kier molecular flexibility index (Phi) is 4.00. The van der Waals surface area contributed by atoms with Crippen molar-refractivity contribution in [2.75, 3.05) is 0 Å². The molecule has 0 spiro atoms. The summed E-state index contributed by atoms with van der Waals surface area (Å²) in [6, 6.07) is 0.393. The Morgan fingerprint density at radius 1 is 1.22 bits per heavy atom. The number of nitrogens with one attached hydrogen (secondary N) is 1. The molecule has 2 aliphatic rings. The van der Waals surface area contributed by atoms with E-state index >= 15 is 0 Å². The van der Waals surface area contributed by atoms with Gasteiger partial charge in [0.05, 0.1) is 5.92 Å². The van der Waals surface area contributed by atoms with Crippen LogP contribution in [-0.2, 0) is 4.79 Å². The number of carbonyl (C=O) groups is 1. The molecule has 18 heavy (non-hydrogen) atoms. The van der Waals surface area contributed by atoms with Gasteiger partial charge in [-0.05, 0) is 37.0 Å². The Bertz CT molecular complexity index is 304. The smallest absolute Gasteiger partial charge is 0.225 e. The minimum absolute atomic E-state index is 0.0233. The molecule has 3 heteroatoms. The quantitative estimate of drug-likeness (QED) is 0.793. The van der Waals surface area contributed by atoms with E-state index in [4.69, 9.17) is 5.73 Å². The van der Waals surface area contributed by atoms with Gasteiger partial charge in [-0.3, -0.25) is 4.79 Å². The first-order valence-electron chi connectivity index (χ1n) is 7.48. The molecule has 0 aliphatic heterocycles. The summed E-state index contributed by atoms with van der Waals surface area (Å²) in [5.41, 5.74) is 6.40. The van der Waals surface area contributed by atoms with Crippen LogP contribution in [0.25, 0.3) is 0 Å². The Morgan fingerprint density at radius 2 is 1.94 bits per heavy atom. The third kappa shape index (κ3) is 2.71. The monoisotopic (exact) mass is 252 g/mol. The van der Waals surface area contributed by atoms with Crippen molar-refractivity contribution in [3.05, 3.63) is 0 Å². The largest absolute Gasteiger partial charge is 0.353 e. The van der Waals surface area contributed by atoms with Crippen LogP contribution in [0.15, 0.2) is 0 Å². The molecule has 1 amide bonds. The highest BCUT2D eigenvalue weighted by molar-refractivity contribution is 5.80. The Morgan fingerprint density at radius 3 is 2.50 bits per heavy atom. The summed E-state index contributed by atoms with van der Waals surface area (Å²) in [4.78, 5) is 12.5. The lowest BCUT2D eigenvalue weighted by atomic mass is 9.76.